The fraction of sp³-hybridized carbons (Fsp3) is 0.174. The van der Waals surface area contributed by atoms with E-state index in [2.05, 4.69) is 37.5 Å². The Labute approximate surface area is 151 Å². The van der Waals surface area contributed by atoms with Crippen LogP contribution in [-0.2, 0) is 7.05 Å². The van der Waals surface area contributed by atoms with Crippen LogP contribution in [0.4, 0.5) is 8.78 Å². The van der Waals surface area contributed by atoms with Crippen molar-refractivity contribution in [3.8, 4) is 11.3 Å². The fourth-order valence-electron chi connectivity index (χ4n) is 3.84. The van der Waals surface area contributed by atoms with Crippen molar-refractivity contribution in [3.63, 3.8) is 0 Å². The van der Waals surface area contributed by atoms with Crippen LogP contribution in [0.2, 0.25) is 0 Å². The summed E-state index contributed by atoms with van der Waals surface area (Å²) in [5, 5.41) is 2.88. The van der Waals surface area contributed by atoms with Gasteiger partial charge in [0.25, 0.3) is 0 Å². The third-order valence-electron chi connectivity index (χ3n) is 5.23. The van der Waals surface area contributed by atoms with Crippen LogP contribution >= 0.6 is 0 Å². The molecule has 4 rings (SSSR count). The van der Waals surface area contributed by atoms with Gasteiger partial charge in [-0.3, -0.25) is 0 Å². The summed E-state index contributed by atoms with van der Waals surface area (Å²) >= 11 is 0. The molecule has 26 heavy (non-hydrogen) atoms. The molecule has 0 amide bonds. The average Bonchev–Trinajstić information content (AvgIpc) is 2.57. The minimum atomic E-state index is -0.556. The molecule has 130 valence electrons. The predicted molar refractivity (Wildman–Crippen MR) is 102 cm³/mol. The van der Waals surface area contributed by atoms with E-state index in [-0.39, 0.29) is 0 Å². The Morgan fingerprint density at radius 2 is 1.50 bits per heavy atom. The molecule has 0 fully saturated rings. The Balaban J connectivity index is 2.18. The standard InChI is InChI=1S/C23H20F2N/c1-13-9-14(2)15(3)20(10-13)23-19-6-5-18-21(11-16(24)12-22(18)25)17(19)7-8-26(23)4/h5-12H,1-4H3/q+1. The lowest BCUT2D eigenvalue weighted by Crippen LogP contribution is -2.30. The van der Waals surface area contributed by atoms with E-state index in [1.54, 1.807) is 6.07 Å². The van der Waals surface area contributed by atoms with Gasteiger partial charge in [-0.1, -0.05) is 17.7 Å². The number of fused-ring (bicyclic) bond motifs is 3. The molecule has 0 spiro atoms. The second-order valence-corrected chi connectivity index (χ2v) is 7.04. The molecule has 1 aromatic heterocycles. The first kappa shape index (κ1) is 16.6. The highest BCUT2D eigenvalue weighted by Gasteiger charge is 2.20. The molecular formula is C23H20F2N+. The van der Waals surface area contributed by atoms with E-state index in [9.17, 15) is 8.78 Å². The van der Waals surface area contributed by atoms with Crippen LogP contribution in [0.3, 0.4) is 0 Å². The van der Waals surface area contributed by atoms with Gasteiger partial charge < -0.3 is 0 Å². The fourth-order valence-corrected chi connectivity index (χ4v) is 3.84. The zero-order valence-electron chi connectivity index (χ0n) is 15.3. The Morgan fingerprint density at radius 1 is 0.769 bits per heavy atom. The van der Waals surface area contributed by atoms with Crippen LogP contribution in [0.5, 0.6) is 0 Å². The number of aryl methyl sites for hydroxylation is 3. The van der Waals surface area contributed by atoms with Gasteiger partial charge in [0.1, 0.15) is 18.7 Å². The highest BCUT2D eigenvalue weighted by molar-refractivity contribution is 6.10. The third kappa shape index (κ3) is 2.47. The van der Waals surface area contributed by atoms with Gasteiger partial charge in [0, 0.05) is 22.9 Å². The third-order valence-corrected chi connectivity index (χ3v) is 5.23. The summed E-state index contributed by atoms with van der Waals surface area (Å²) in [7, 11) is 2.00. The predicted octanol–water partition coefficient (Wildman–Crippen LogP) is 5.69. The Hall–Kier alpha value is -2.81. The SMILES string of the molecule is Cc1cc(C)c(C)c(-c2c3ccc4c(F)cc(F)cc4c3cc[n+]2C)c1. The number of hydrogen-bond acceptors (Lipinski definition) is 0. The van der Waals surface area contributed by atoms with E-state index < -0.39 is 11.6 Å². The maximum absolute atomic E-state index is 14.2. The van der Waals surface area contributed by atoms with Gasteiger partial charge in [-0.25, -0.2) is 13.3 Å². The second-order valence-electron chi connectivity index (χ2n) is 7.04. The van der Waals surface area contributed by atoms with Crippen molar-refractivity contribution < 1.29 is 13.3 Å². The van der Waals surface area contributed by atoms with Gasteiger partial charge in [-0.05, 0) is 55.5 Å². The molecule has 0 aliphatic rings. The van der Waals surface area contributed by atoms with Crippen molar-refractivity contribution in [2.45, 2.75) is 20.8 Å². The molecule has 0 aliphatic carbocycles. The highest BCUT2D eigenvalue weighted by atomic mass is 19.1. The van der Waals surface area contributed by atoms with E-state index >= 15 is 0 Å². The zero-order chi connectivity index (χ0) is 18.6. The molecule has 3 heteroatoms. The van der Waals surface area contributed by atoms with Crippen LogP contribution in [0, 0.1) is 32.4 Å². The number of rotatable bonds is 1. The summed E-state index contributed by atoms with van der Waals surface area (Å²) in [5.74, 6) is -1.08. The maximum Gasteiger partial charge on any atom is 0.220 e. The van der Waals surface area contributed by atoms with Crippen LogP contribution in [-0.4, -0.2) is 0 Å². The lowest BCUT2D eigenvalue weighted by molar-refractivity contribution is -0.659. The first-order valence-electron chi connectivity index (χ1n) is 8.65. The molecule has 1 heterocycles. The van der Waals surface area contributed by atoms with Gasteiger partial charge in [0.15, 0.2) is 6.20 Å². The molecule has 0 saturated heterocycles. The van der Waals surface area contributed by atoms with E-state index in [4.69, 9.17) is 0 Å². The molecule has 0 N–H and O–H groups in total. The number of nitrogens with zero attached hydrogens (tertiary/aromatic N) is 1. The molecule has 3 aromatic carbocycles. The maximum atomic E-state index is 14.2. The summed E-state index contributed by atoms with van der Waals surface area (Å²) in [6.07, 6.45) is 1.96. The van der Waals surface area contributed by atoms with Gasteiger partial charge in [-0.2, -0.15) is 0 Å². The Kier molecular flexibility index (Phi) is 3.76. The summed E-state index contributed by atoms with van der Waals surface area (Å²) in [4.78, 5) is 0. The summed E-state index contributed by atoms with van der Waals surface area (Å²) < 4.78 is 30.1. The number of aromatic nitrogens is 1. The first-order valence-corrected chi connectivity index (χ1v) is 8.65. The normalized spacial score (nSPS) is 11.5. The molecule has 0 unspecified atom stereocenters. The van der Waals surface area contributed by atoms with E-state index in [0.29, 0.717) is 10.8 Å². The highest BCUT2D eigenvalue weighted by Crippen LogP contribution is 2.34. The van der Waals surface area contributed by atoms with E-state index in [0.717, 1.165) is 28.1 Å². The van der Waals surface area contributed by atoms with Crippen LogP contribution in [0.15, 0.2) is 48.7 Å². The van der Waals surface area contributed by atoms with Gasteiger partial charge in [0.05, 0.1) is 10.9 Å². The molecule has 0 saturated carbocycles. The average molecular weight is 348 g/mol. The Bertz CT molecular complexity index is 1190. The number of halogens is 2. The van der Waals surface area contributed by atoms with Crippen molar-refractivity contribution in [2.75, 3.05) is 0 Å². The minimum absolute atomic E-state index is 0.441. The van der Waals surface area contributed by atoms with Crippen LogP contribution < -0.4 is 4.57 Å². The molecule has 1 nitrogen and oxygen atoms in total. The van der Waals surface area contributed by atoms with Gasteiger partial charge >= 0.3 is 0 Å². The smallest absolute Gasteiger partial charge is 0.207 e. The quantitative estimate of drug-likeness (QED) is 0.307. The molecule has 0 radical (unpaired) electrons. The zero-order valence-corrected chi connectivity index (χ0v) is 15.3. The summed E-state index contributed by atoms with van der Waals surface area (Å²) in [6.45, 7) is 6.31. The van der Waals surface area contributed by atoms with Crippen LogP contribution in [0.1, 0.15) is 16.7 Å². The number of pyridine rings is 1. The summed E-state index contributed by atoms with van der Waals surface area (Å²) in [5.41, 5.74) is 5.84. The van der Waals surface area contributed by atoms with Crippen molar-refractivity contribution in [2.24, 2.45) is 7.05 Å². The monoisotopic (exact) mass is 348 g/mol. The topological polar surface area (TPSA) is 3.88 Å². The second kappa shape index (κ2) is 5.87. The molecule has 0 bridgehead atoms. The van der Waals surface area contributed by atoms with Crippen molar-refractivity contribution in [3.05, 3.63) is 77.0 Å². The molecular weight excluding hydrogens is 328 g/mol. The van der Waals surface area contributed by atoms with Gasteiger partial charge in [-0.15, -0.1) is 0 Å². The van der Waals surface area contributed by atoms with E-state index in [1.807, 2.05) is 25.4 Å². The number of benzene rings is 3. The summed E-state index contributed by atoms with van der Waals surface area (Å²) in [6, 6.07) is 12.3. The van der Waals surface area contributed by atoms with Crippen LogP contribution in [0.25, 0.3) is 32.8 Å². The lowest BCUT2D eigenvalue weighted by Gasteiger charge is -2.12. The van der Waals surface area contributed by atoms with E-state index in [1.165, 1.54) is 22.8 Å². The largest absolute Gasteiger partial charge is 0.220 e. The Morgan fingerprint density at radius 3 is 2.27 bits per heavy atom. The first-order chi connectivity index (χ1) is 12.4. The van der Waals surface area contributed by atoms with Crippen molar-refractivity contribution in [1.29, 1.82) is 0 Å². The minimum Gasteiger partial charge on any atom is -0.207 e. The van der Waals surface area contributed by atoms with Gasteiger partial charge in [0.2, 0.25) is 5.69 Å². The molecule has 4 aromatic rings. The molecule has 0 aliphatic heterocycles. The van der Waals surface area contributed by atoms with Crippen molar-refractivity contribution in [1.82, 2.24) is 0 Å². The number of hydrogen-bond donors (Lipinski definition) is 0. The molecule has 0 atom stereocenters. The van der Waals surface area contributed by atoms with Crippen molar-refractivity contribution >= 4 is 21.5 Å². The lowest BCUT2D eigenvalue weighted by atomic mass is 9.93.